The van der Waals surface area contributed by atoms with Crippen molar-refractivity contribution in [3.05, 3.63) is 150 Å². The number of rotatable bonds is 8. The van der Waals surface area contributed by atoms with Gasteiger partial charge in [0.15, 0.2) is 4.80 Å². The number of esters is 2. The lowest BCUT2D eigenvalue weighted by molar-refractivity contribution is -0.138. The van der Waals surface area contributed by atoms with Crippen LogP contribution in [0, 0.1) is 19.7 Å². The fraction of sp³-hybridized carbons (Fsp3) is 0.189. The SMILES string of the molecule is CCOC(=O)C1=C(c2ccccc2)N=c2s/c(=C\c3cc(C)n(-c4ccc(C(=O)OCC)cc4)c3C)c(=O)n2[C@H]1c1ccc(F)cc1. The van der Waals surface area contributed by atoms with Gasteiger partial charge < -0.3 is 14.0 Å². The maximum Gasteiger partial charge on any atom is 0.338 e. The van der Waals surface area contributed by atoms with Crippen molar-refractivity contribution in [1.29, 1.82) is 0 Å². The van der Waals surface area contributed by atoms with Gasteiger partial charge in [-0.3, -0.25) is 9.36 Å². The second kappa shape index (κ2) is 13.2. The van der Waals surface area contributed by atoms with Crippen LogP contribution in [-0.4, -0.2) is 34.3 Å². The van der Waals surface area contributed by atoms with Crippen LogP contribution in [0.4, 0.5) is 4.39 Å². The Bertz CT molecular complexity index is 2200. The topological polar surface area (TPSA) is 91.9 Å². The number of hydrogen-bond acceptors (Lipinski definition) is 7. The van der Waals surface area contributed by atoms with Crippen LogP contribution in [0.3, 0.4) is 0 Å². The number of halogens is 1. The second-order valence-corrected chi connectivity index (χ2v) is 11.9. The summed E-state index contributed by atoms with van der Waals surface area (Å²) in [4.78, 5) is 45.3. The molecule has 10 heteroatoms. The zero-order chi connectivity index (χ0) is 33.2. The zero-order valence-corrected chi connectivity index (χ0v) is 27.1. The lowest BCUT2D eigenvalue weighted by Gasteiger charge is -2.25. The number of hydrogen-bond donors (Lipinski definition) is 0. The van der Waals surface area contributed by atoms with Crippen LogP contribution < -0.4 is 14.9 Å². The molecule has 0 aliphatic carbocycles. The van der Waals surface area contributed by atoms with Gasteiger partial charge in [-0.1, -0.05) is 53.8 Å². The van der Waals surface area contributed by atoms with Gasteiger partial charge in [0.05, 0.1) is 40.6 Å². The Balaban J connectivity index is 1.52. The van der Waals surface area contributed by atoms with Gasteiger partial charge in [0, 0.05) is 22.6 Å². The first kappa shape index (κ1) is 31.6. The third kappa shape index (κ3) is 5.99. The van der Waals surface area contributed by atoms with E-state index in [0.717, 1.165) is 22.6 Å². The first-order valence-corrected chi connectivity index (χ1v) is 16.0. The number of thiazole rings is 1. The molecule has 5 aromatic rings. The average Bonchev–Trinajstić information content (AvgIpc) is 3.54. The molecule has 6 rings (SSSR count). The van der Waals surface area contributed by atoms with Crippen LogP contribution in [0.15, 0.2) is 100 Å². The van der Waals surface area contributed by atoms with Crippen molar-refractivity contribution in [3.8, 4) is 5.69 Å². The van der Waals surface area contributed by atoms with E-state index >= 15 is 0 Å². The van der Waals surface area contributed by atoms with E-state index in [1.54, 1.807) is 38.1 Å². The van der Waals surface area contributed by atoms with Gasteiger partial charge in [-0.15, -0.1) is 0 Å². The standard InChI is InChI=1S/C37H32FN3O5S/c1-5-45-35(43)26-14-18-29(19-15-26)40-22(3)20-27(23(40)4)21-30-34(42)41-33(25-12-16-28(38)17-13-25)31(36(44)46-6-2)32(39-37(41)47-30)24-10-8-7-9-11-24/h7-21,33H,5-6H2,1-4H3/b30-21-/t33-/m0/s1. The quantitative estimate of drug-likeness (QED) is 0.203. The summed E-state index contributed by atoms with van der Waals surface area (Å²) in [6.45, 7) is 7.84. The molecule has 0 saturated heterocycles. The fourth-order valence-corrected chi connectivity index (χ4v) is 6.83. The fourth-order valence-electron chi connectivity index (χ4n) is 5.83. The highest BCUT2D eigenvalue weighted by molar-refractivity contribution is 7.07. The molecule has 0 amide bonds. The molecule has 0 radical (unpaired) electrons. The van der Waals surface area contributed by atoms with E-state index < -0.39 is 17.8 Å². The molecule has 47 heavy (non-hydrogen) atoms. The molecule has 0 saturated carbocycles. The van der Waals surface area contributed by atoms with Gasteiger partial charge in [-0.25, -0.2) is 19.0 Å². The van der Waals surface area contributed by atoms with Crippen molar-refractivity contribution in [1.82, 2.24) is 9.13 Å². The molecule has 2 aromatic heterocycles. The number of ether oxygens (including phenoxy) is 2. The largest absolute Gasteiger partial charge is 0.463 e. The second-order valence-electron chi connectivity index (χ2n) is 10.9. The van der Waals surface area contributed by atoms with Crippen molar-refractivity contribution in [3.63, 3.8) is 0 Å². The van der Waals surface area contributed by atoms with E-state index in [4.69, 9.17) is 14.5 Å². The maximum atomic E-state index is 14.2. The first-order chi connectivity index (χ1) is 22.7. The van der Waals surface area contributed by atoms with E-state index in [2.05, 4.69) is 0 Å². The molecule has 1 aliphatic heterocycles. The van der Waals surface area contributed by atoms with Gasteiger partial charge in [-0.05, 0) is 87.4 Å². The number of carbonyl (C=O) groups excluding carboxylic acids is 2. The molecule has 0 spiro atoms. The van der Waals surface area contributed by atoms with Gasteiger partial charge in [0.2, 0.25) is 0 Å². The number of carbonyl (C=O) groups is 2. The Morgan fingerprint density at radius 3 is 2.23 bits per heavy atom. The van der Waals surface area contributed by atoms with Crippen LogP contribution in [0.2, 0.25) is 0 Å². The average molecular weight is 650 g/mol. The summed E-state index contributed by atoms with van der Waals surface area (Å²) in [5, 5.41) is 0. The van der Waals surface area contributed by atoms with E-state index in [-0.39, 0.29) is 23.7 Å². The van der Waals surface area contributed by atoms with Gasteiger partial charge >= 0.3 is 11.9 Å². The van der Waals surface area contributed by atoms with Crippen LogP contribution >= 0.6 is 11.3 Å². The minimum absolute atomic E-state index is 0.131. The molecule has 1 atom stereocenters. The van der Waals surface area contributed by atoms with Crippen molar-refractivity contribution in [2.45, 2.75) is 33.7 Å². The van der Waals surface area contributed by atoms with E-state index in [9.17, 15) is 18.8 Å². The predicted molar refractivity (Wildman–Crippen MR) is 179 cm³/mol. The molecule has 0 bridgehead atoms. The van der Waals surface area contributed by atoms with Gasteiger partial charge in [0.1, 0.15) is 5.82 Å². The summed E-state index contributed by atoms with van der Waals surface area (Å²) in [6, 6.07) is 23.3. The number of nitrogens with zero attached hydrogens (tertiary/aromatic N) is 3. The Morgan fingerprint density at radius 2 is 1.57 bits per heavy atom. The molecule has 8 nitrogen and oxygen atoms in total. The van der Waals surface area contributed by atoms with Crippen LogP contribution in [0.25, 0.3) is 17.5 Å². The van der Waals surface area contributed by atoms with Crippen molar-refractivity contribution >= 4 is 35.0 Å². The summed E-state index contributed by atoms with van der Waals surface area (Å²) in [6.07, 6.45) is 1.83. The van der Waals surface area contributed by atoms with Crippen molar-refractivity contribution in [2.24, 2.45) is 4.99 Å². The third-order valence-electron chi connectivity index (χ3n) is 7.95. The molecule has 0 N–H and O–H groups in total. The minimum Gasteiger partial charge on any atom is -0.463 e. The molecule has 0 unspecified atom stereocenters. The van der Waals surface area contributed by atoms with Gasteiger partial charge in [-0.2, -0.15) is 0 Å². The van der Waals surface area contributed by atoms with Gasteiger partial charge in [0.25, 0.3) is 5.56 Å². The maximum absolute atomic E-state index is 14.2. The van der Waals surface area contributed by atoms with E-state index in [1.165, 1.54) is 28.0 Å². The molecular formula is C37H32FN3O5S. The molecule has 3 aromatic carbocycles. The third-order valence-corrected chi connectivity index (χ3v) is 8.94. The molecule has 1 aliphatic rings. The highest BCUT2D eigenvalue weighted by Crippen LogP contribution is 2.35. The Hall–Kier alpha value is -5.35. The Morgan fingerprint density at radius 1 is 0.915 bits per heavy atom. The Labute approximate surface area is 274 Å². The smallest absolute Gasteiger partial charge is 0.338 e. The molecule has 238 valence electrons. The van der Waals surface area contributed by atoms with E-state index in [0.29, 0.717) is 38.3 Å². The molecular weight excluding hydrogens is 617 g/mol. The number of benzene rings is 3. The first-order valence-electron chi connectivity index (χ1n) is 15.2. The van der Waals surface area contributed by atoms with Crippen molar-refractivity contribution in [2.75, 3.05) is 13.2 Å². The summed E-state index contributed by atoms with van der Waals surface area (Å²) in [5.41, 5.74) is 5.49. The Kier molecular flexibility index (Phi) is 8.86. The highest BCUT2D eigenvalue weighted by atomic mass is 32.1. The van der Waals surface area contributed by atoms with Crippen LogP contribution in [0.5, 0.6) is 0 Å². The highest BCUT2D eigenvalue weighted by Gasteiger charge is 2.35. The normalized spacial score (nSPS) is 14.5. The summed E-state index contributed by atoms with van der Waals surface area (Å²) >= 11 is 1.22. The summed E-state index contributed by atoms with van der Waals surface area (Å²) < 4.78 is 28.6. The number of aromatic nitrogens is 2. The number of fused-ring (bicyclic) bond motifs is 1. The van der Waals surface area contributed by atoms with E-state index in [1.807, 2.05) is 73.0 Å². The van der Waals surface area contributed by atoms with Crippen LogP contribution in [0.1, 0.15) is 58.3 Å². The van der Waals surface area contributed by atoms with Crippen molar-refractivity contribution < 1.29 is 23.5 Å². The lowest BCUT2D eigenvalue weighted by atomic mass is 9.93. The number of aryl methyl sites for hydroxylation is 1. The predicted octanol–water partition coefficient (Wildman–Crippen LogP) is 5.66. The summed E-state index contributed by atoms with van der Waals surface area (Å²) in [7, 11) is 0. The lowest BCUT2D eigenvalue weighted by Crippen LogP contribution is -2.40. The zero-order valence-electron chi connectivity index (χ0n) is 26.3. The summed E-state index contributed by atoms with van der Waals surface area (Å²) in [5.74, 6) is -1.41. The van der Waals surface area contributed by atoms with Crippen LogP contribution in [-0.2, 0) is 14.3 Å². The molecule has 0 fully saturated rings. The minimum atomic E-state index is -0.895. The monoisotopic (exact) mass is 649 g/mol. The molecule has 3 heterocycles.